The molecule has 0 aliphatic carbocycles. The summed E-state index contributed by atoms with van der Waals surface area (Å²) in [4.78, 5) is 11.9. The van der Waals surface area contributed by atoms with Crippen molar-refractivity contribution in [3.8, 4) is 0 Å². The van der Waals surface area contributed by atoms with Crippen LogP contribution in [0.4, 0.5) is 0 Å². The van der Waals surface area contributed by atoms with Gasteiger partial charge < -0.3 is 0 Å². The third-order valence-electron chi connectivity index (χ3n) is 2.63. The van der Waals surface area contributed by atoms with Crippen LogP contribution in [0.3, 0.4) is 0 Å². The summed E-state index contributed by atoms with van der Waals surface area (Å²) in [6, 6.07) is 0. The van der Waals surface area contributed by atoms with Gasteiger partial charge in [0.15, 0.2) is 11.0 Å². The van der Waals surface area contributed by atoms with Crippen LogP contribution in [0.25, 0.3) is 0 Å². The van der Waals surface area contributed by atoms with Crippen molar-refractivity contribution in [1.82, 2.24) is 0 Å². The second-order valence-electron chi connectivity index (χ2n) is 4.31. The number of allylic oxidation sites excluding steroid dienone is 1. The molecule has 3 unspecified atom stereocenters. The van der Waals surface area contributed by atoms with Gasteiger partial charge in [-0.1, -0.05) is 19.9 Å². The largest absolute Gasteiger partial charge is 0.293 e. The van der Waals surface area contributed by atoms with Gasteiger partial charge in [-0.25, -0.2) is 0 Å². The third-order valence-corrected chi connectivity index (χ3v) is 7.43. The SMILES string of the molecule is C=C(C)C(=O)C(C1CSC(CCC)S1)S(=O)(=O)O. The van der Waals surface area contributed by atoms with Crippen molar-refractivity contribution in [3.05, 3.63) is 12.2 Å². The number of hydrogen-bond acceptors (Lipinski definition) is 5. The second kappa shape index (κ2) is 6.45. The zero-order valence-electron chi connectivity index (χ0n) is 10.5. The average Bonchev–Trinajstić information content (AvgIpc) is 2.64. The van der Waals surface area contributed by atoms with E-state index in [0.717, 1.165) is 12.8 Å². The van der Waals surface area contributed by atoms with Gasteiger partial charge in [0.2, 0.25) is 0 Å². The fraction of sp³-hybridized carbons (Fsp3) is 0.727. The van der Waals surface area contributed by atoms with Gasteiger partial charge in [-0.2, -0.15) is 8.42 Å². The van der Waals surface area contributed by atoms with Gasteiger partial charge in [0.25, 0.3) is 10.1 Å². The van der Waals surface area contributed by atoms with Crippen LogP contribution in [0, 0.1) is 0 Å². The van der Waals surface area contributed by atoms with E-state index in [9.17, 15) is 17.8 Å². The van der Waals surface area contributed by atoms with Gasteiger partial charge in [-0.05, 0) is 18.9 Å². The van der Waals surface area contributed by atoms with Crippen molar-refractivity contribution in [1.29, 1.82) is 0 Å². The molecule has 0 aromatic heterocycles. The van der Waals surface area contributed by atoms with Crippen LogP contribution < -0.4 is 0 Å². The minimum atomic E-state index is -4.38. The molecule has 0 radical (unpaired) electrons. The van der Waals surface area contributed by atoms with Crippen molar-refractivity contribution in [2.24, 2.45) is 0 Å². The minimum absolute atomic E-state index is 0.169. The highest BCUT2D eigenvalue weighted by molar-refractivity contribution is 8.20. The molecule has 0 spiro atoms. The zero-order valence-corrected chi connectivity index (χ0v) is 12.9. The molecule has 1 rings (SSSR count). The number of Topliss-reactive ketones (excluding diaryl/α,β-unsaturated/α-hetero) is 1. The molecule has 1 N–H and O–H groups in total. The fourth-order valence-corrected chi connectivity index (χ4v) is 7.00. The predicted molar refractivity (Wildman–Crippen MR) is 77.7 cm³/mol. The van der Waals surface area contributed by atoms with Crippen molar-refractivity contribution < 1.29 is 17.8 Å². The molecule has 1 fully saturated rings. The first-order valence-electron chi connectivity index (χ1n) is 5.70. The molecule has 3 atom stereocenters. The van der Waals surface area contributed by atoms with E-state index in [4.69, 9.17) is 0 Å². The van der Waals surface area contributed by atoms with Gasteiger partial charge in [0, 0.05) is 11.0 Å². The molecular formula is C11H18O4S3. The first-order valence-corrected chi connectivity index (χ1v) is 9.20. The standard InChI is InChI=1S/C11H18O4S3/c1-4-5-9-16-6-8(17-9)11(18(13,14)15)10(12)7(2)3/h8-9,11H,2,4-6H2,1,3H3,(H,13,14,15). The number of ketones is 1. The summed E-state index contributed by atoms with van der Waals surface area (Å²) >= 11 is 3.13. The number of rotatable bonds is 6. The lowest BCUT2D eigenvalue weighted by atomic mass is 10.1. The van der Waals surface area contributed by atoms with Crippen LogP contribution in [-0.2, 0) is 14.9 Å². The quantitative estimate of drug-likeness (QED) is 0.600. The highest BCUT2D eigenvalue weighted by Gasteiger charge is 2.43. The highest BCUT2D eigenvalue weighted by atomic mass is 32.2. The molecule has 0 aromatic carbocycles. The maximum Gasteiger partial charge on any atom is 0.276 e. The predicted octanol–water partition coefficient (Wildman–Crippen LogP) is 2.36. The first kappa shape index (κ1) is 16.1. The summed E-state index contributed by atoms with van der Waals surface area (Å²) in [5.41, 5.74) is 0.169. The van der Waals surface area contributed by atoms with Gasteiger partial charge in [0.1, 0.15) is 0 Å². The summed E-state index contributed by atoms with van der Waals surface area (Å²) in [6.45, 7) is 7.01. The van der Waals surface area contributed by atoms with Crippen molar-refractivity contribution >= 4 is 39.4 Å². The molecule has 0 bridgehead atoms. The van der Waals surface area contributed by atoms with Crippen LogP contribution >= 0.6 is 23.5 Å². The lowest BCUT2D eigenvalue weighted by molar-refractivity contribution is -0.115. The van der Waals surface area contributed by atoms with E-state index < -0.39 is 21.2 Å². The van der Waals surface area contributed by atoms with Crippen LogP contribution in [0.15, 0.2) is 12.2 Å². The molecule has 1 saturated heterocycles. The first-order chi connectivity index (χ1) is 8.27. The molecule has 18 heavy (non-hydrogen) atoms. The van der Waals surface area contributed by atoms with E-state index in [0.29, 0.717) is 10.3 Å². The number of carbonyl (C=O) groups excluding carboxylic acids is 1. The average molecular weight is 310 g/mol. The minimum Gasteiger partial charge on any atom is -0.293 e. The summed E-state index contributed by atoms with van der Waals surface area (Å²) in [7, 11) is -4.38. The molecule has 0 aromatic rings. The zero-order chi connectivity index (χ0) is 13.9. The van der Waals surface area contributed by atoms with Crippen molar-refractivity contribution in [2.45, 2.75) is 41.8 Å². The second-order valence-corrected chi connectivity index (χ2v) is 8.82. The van der Waals surface area contributed by atoms with E-state index in [1.54, 1.807) is 11.8 Å². The summed E-state index contributed by atoms with van der Waals surface area (Å²) in [5.74, 6) is -0.00789. The topological polar surface area (TPSA) is 71.4 Å². The van der Waals surface area contributed by atoms with E-state index in [-0.39, 0.29) is 10.8 Å². The lowest BCUT2D eigenvalue weighted by Gasteiger charge is -2.18. The molecule has 0 amide bonds. The Morgan fingerprint density at radius 3 is 2.61 bits per heavy atom. The van der Waals surface area contributed by atoms with Crippen molar-refractivity contribution in [2.75, 3.05) is 5.75 Å². The summed E-state index contributed by atoms with van der Waals surface area (Å²) < 4.78 is 32.4. The maximum atomic E-state index is 11.9. The normalized spacial score (nSPS) is 25.9. The molecule has 104 valence electrons. The van der Waals surface area contributed by atoms with Crippen molar-refractivity contribution in [3.63, 3.8) is 0 Å². The Hall–Kier alpha value is 0.0200. The van der Waals surface area contributed by atoms with Gasteiger partial charge in [-0.3, -0.25) is 9.35 Å². The number of carbonyl (C=O) groups is 1. The van der Waals surface area contributed by atoms with Gasteiger partial charge in [0.05, 0.1) is 4.58 Å². The van der Waals surface area contributed by atoms with Crippen LogP contribution in [0.1, 0.15) is 26.7 Å². The monoisotopic (exact) mass is 310 g/mol. The molecule has 4 nitrogen and oxygen atoms in total. The summed E-state index contributed by atoms with van der Waals surface area (Å²) in [5, 5.41) is -1.75. The van der Waals surface area contributed by atoms with E-state index in [1.807, 2.05) is 0 Å². The fourth-order valence-electron chi connectivity index (χ4n) is 1.76. The molecule has 7 heteroatoms. The van der Waals surface area contributed by atoms with E-state index in [1.165, 1.54) is 18.7 Å². The van der Waals surface area contributed by atoms with Crippen LogP contribution in [0.2, 0.25) is 0 Å². The van der Waals surface area contributed by atoms with Gasteiger partial charge >= 0.3 is 0 Å². The number of thioether (sulfide) groups is 2. The maximum absolute atomic E-state index is 11.9. The van der Waals surface area contributed by atoms with E-state index in [2.05, 4.69) is 13.5 Å². The molecule has 1 heterocycles. The Labute approximate surface area is 117 Å². The Balaban J connectivity index is 2.87. The molecule has 0 saturated carbocycles. The Bertz CT molecular complexity index is 430. The van der Waals surface area contributed by atoms with Crippen LogP contribution in [-0.4, -0.2) is 39.6 Å². The number of hydrogen-bond donors (Lipinski definition) is 1. The Morgan fingerprint density at radius 1 is 1.56 bits per heavy atom. The highest BCUT2D eigenvalue weighted by Crippen LogP contribution is 2.43. The van der Waals surface area contributed by atoms with Crippen LogP contribution in [0.5, 0.6) is 0 Å². The summed E-state index contributed by atoms with van der Waals surface area (Å²) in [6.07, 6.45) is 1.99. The lowest BCUT2D eigenvalue weighted by Crippen LogP contribution is -2.39. The molecular weight excluding hydrogens is 292 g/mol. The molecule has 1 aliphatic heterocycles. The van der Waals surface area contributed by atoms with E-state index >= 15 is 0 Å². The Morgan fingerprint density at radius 2 is 2.17 bits per heavy atom. The third kappa shape index (κ3) is 4.01. The smallest absolute Gasteiger partial charge is 0.276 e. The Kier molecular flexibility index (Phi) is 5.76. The van der Waals surface area contributed by atoms with Gasteiger partial charge in [-0.15, -0.1) is 23.5 Å². The molecule has 1 aliphatic rings.